The Kier molecular flexibility index (Phi) is 2.26. The highest BCUT2D eigenvalue weighted by molar-refractivity contribution is 5.31. The number of hydrogen-bond acceptors (Lipinski definition) is 2. The number of halogens is 3. The molecule has 0 fully saturated rings. The van der Waals surface area contributed by atoms with Crippen LogP contribution < -0.4 is 5.32 Å². The number of fused-ring (bicyclic) bond motifs is 1. The fraction of sp³-hybridized carbons (Fsp3) is 0.667. The van der Waals surface area contributed by atoms with Crippen molar-refractivity contribution in [3.63, 3.8) is 0 Å². The number of hydrogen-bond donors (Lipinski definition) is 1. The summed E-state index contributed by atoms with van der Waals surface area (Å²) >= 11 is 0. The third-order valence-electron chi connectivity index (χ3n) is 2.47. The minimum atomic E-state index is -4.35. The summed E-state index contributed by atoms with van der Waals surface area (Å²) in [7, 11) is 0. The van der Waals surface area contributed by atoms with Gasteiger partial charge in [0.15, 0.2) is 5.69 Å². The van der Waals surface area contributed by atoms with Gasteiger partial charge in [0.05, 0.1) is 5.69 Å². The second-order valence-electron chi connectivity index (χ2n) is 3.91. The summed E-state index contributed by atoms with van der Waals surface area (Å²) in [6.45, 7) is 4.38. The van der Waals surface area contributed by atoms with Gasteiger partial charge >= 0.3 is 6.18 Å². The lowest BCUT2D eigenvalue weighted by molar-refractivity contribution is -0.142. The fourth-order valence-electron chi connectivity index (χ4n) is 1.84. The molecule has 84 valence electrons. The molecule has 2 heterocycles. The minimum absolute atomic E-state index is 0.0465. The van der Waals surface area contributed by atoms with E-state index in [0.717, 1.165) is 0 Å². The first-order valence-corrected chi connectivity index (χ1v) is 4.79. The van der Waals surface area contributed by atoms with E-state index >= 15 is 0 Å². The van der Waals surface area contributed by atoms with Crippen LogP contribution in [0.4, 0.5) is 13.2 Å². The zero-order chi connectivity index (χ0) is 11.2. The summed E-state index contributed by atoms with van der Waals surface area (Å²) in [6.07, 6.45) is -4.35. The molecule has 0 bridgehead atoms. The predicted molar refractivity (Wildman–Crippen MR) is 48.2 cm³/mol. The second kappa shape index (κ2) is 3.23. The van der Waals surface area contributed by atoms with E-state index in [9.17, 15) is 13.2 Å². The van der Waals surface area contributed by atoms with Gasteiger partial charge in [0.1, 0.15) is 0 Å². The smallest absolute Gasteiger partial charge is 0.307 e. The molecular formula is C9H12F3N3. The molecule has 15 heavy (non-hydrogen) atoms. The number of nitrogens with one attached hydrogen (secondary N) is 1. The van der Waals surface area contributed by atoms with Crippen molar-refractivity contribution in [1.29, 1.82) is 0 Å². The summed E-state index contributed by atoms with van der Waals surface area (Å²) in [5.41, 5.74) is 0.227. The van der Waals surface area contributed by atoms with Crippen molar-refractivity contribution in [3.8, 4) is 0 Å². The van der Waals surface area contributed by atoms with E-state index in [1.54, 1.807) is 0 Å². The number of aromatic nitrogens is 2. The highest BCUT2D eigenvalue weighted by Gasteiger charge is 2.40. The van der Waals surface area contributed by atoms with Crippen molar-refractivity contribution in [2.45, 2.75) is 39.2 Å². The van der Waals surface area contributed by atoms with Gasteiger partial charge < -0.3 is 5.32 Å². The Bertz CT molecular complexity index is 379. The Morgan fingerprint density at radius 1 is 1.33 bits per heavy atom. The Labute approximate surface area is 85.3 Å². The average Bonchev–Trinajstić information content (AvgIpc) is 2.57. The number of nitrogens with zero attached hydrogens (tertiary/aromatic N) is 2. The maximum Gasteiger partial charge on any atom is 0.435 e. The van der Waals surface area contributed by atoms with Crippen molar-refractivity contribution in [2.24, 2.45) is 0 Å². The van der Waals surface area contributed by atoms with Gasteiger partial charge in [0, 0.05) is 24.7 Å². The molecule has 0 amide bonds. The largest absolute Gasteiger partial charge is 0.435 e. The molecule has 1 N–H and O–H groups in total. The maximum atomic E-state index is 12.6. The normalized spacial score (nSPS) is 16.1. The summed E-state index contributed by atoms with van der Waals surface area (Å²) in [5, 5.41) is 6.57. The van der Waals surface area contributed by atoms with Crippen molar-refractivity contribution >= 4 is 0 Å². The maximum absolute atomic E-state index is 12.6. The lowest BCUT2D eigenvalue weighted by atomic mass is 10.2. The molecule has 1 aliphatic heterocycles. The summed E-state index contributed by atoms with van der Waals surface area (Å²) in [5.74, 6) is 0. The second-order valence-corrected chi connectivity index (χ2v) is 3.91. The molecule has 1 aromatic rings. The molecule has 0 saturated carbocycles. The SMILES string of the molecule is CC(C)n1nc(C(F)(F)F)c2c1CNC2. The van der Waals surface area contributed by atoms with Crippen LogP contribution in [0.15, 0.2) is 0 Å². The zero-order valence-electron chi connectivity index (χ0n) is 8.52. The molecule has 0 atom stereocenters. The summed E-state index contributed by atoms with van der Waals surface area (Å²) in [4.78, 5) is 0. The van der Waals surface area contributed by atoms with Gasteiger partial charge in [-0.15, -0.1) is 0 Å². The molecular weight excluding hydrogens is 207 g/mol. The Balaban J connectivity index is 2.54. The van der Waals surface area contributed by atoms with Gasteiger partial charge in [0.2, 0.25) is 0 Å². The summed E-state index contributed by atoms with van der Waals surface area (Å²) in [6, 6.07) is -0.0465. The van der Waals surface area contributed by atoms with E-state index in [-0.39, 0.29) is 12.6 Å². The van der Waals surface area contributed by atoms with Crippen molar-refractivity contribution < 1.29 is 13.2 Å². The first kappa shape index (κ1) is 10.5. The molecule has 3 nitrogen and oxygen atoms in total. The van der Waals surface area contributed by atoms with E-state index in [4.69, 9.17) is 0 Å². The molecule has 0 saturated heterocycles. The minimum Gasteiger partial charge on any atom is -0.307 e. The van der Waals surface area contributed by atoms with Crippen LogP contribution in [0.1, 0.15) is 36.8 Å². The van der Waals surface area contributed by atoms with Crippen LogP contribution in [0, 0.1) is 0 Å². The van der Waals surface area contributed by atoms with Crippen LogP contribution in [0.25, 0.3) is 0 Å². The van der Waals surface area contributed by atoms with Gasteiger partial charge in [0.25, 0.3) is 0 Å². The molecule has 0 unspecified atom stereocenters. The lowest BCUT2D eigenvalue weighted by Crippen LogP contribution is -2.15. The van der Waals surface area contributed by atoms with Gasteiger partial charge in [-0.25, -0.2) is 0 Å². The Hall–Kier alpha value is -1.04. The van der Waals surface area contributed by atoms with Crippen LogP contribution in [0.2, 0.25) is 0 Å². The lowest BCUT2D eigenvalue weighted by Gasteiger charge is -2.09. The molecule has 0 aliphatic carbocycles. The van der Waals surface area contributed by atoms with Gasteiger partial charge in [-0.1, -0.05) is 0 Å². The van der Waals surface area contributed by atoms with Crippen LogP contribution in [0.5, 0.6) is 0 Å². The van der Waals surface area contributed by atoms with Gasteiger partial charge in [-0.05, 0) is 13.8 Å². The third-order valence-corrected chi connectivity index (χ3v) is 2.47. The number of alkyl halides is 3. The van der Waals surface area contributed by atoms with Gasteiger partial charge in [-0.2, -0.15) is 18.3 Å². The van der Waals surface area contributed by atoms with E-state index in [2.05, 4.69) is 10.4 Å². The van der Waals surface area contributed by atoms with Crippen LogP contribution >= 0.6 is 0 Å². The highest BCUT2D eigenvalue weighted by atomic mass is 19.4. The molecule has 1 aromatic heterocycles. The third kappa shape index (κ3) is 1.62. The molecule has 0 spiro atoms. The van der Waals surface area contributed by atoms with Gasteiger partial charge in [-0.3, -0.25) is 4.68 Å². The topological polar surface area (TPSA) is 29.9 Å². The Morgan fingerprint density at radius 2 is 2.00 bits per heavy atom. The average molecular weight is 219 g/mol. The number of rotatable bonds is 1. The molecule has 0 aromatic carbocycles. The first-order valence-electron chi connectivity index (χ1n) is 4.79. The quantitative estimate of drug-likeness (QED) is 0.783. The first-order chi connectivity index (χ1) is 6.91. The standard InChI is InChI=1S/C9H12F3N3/c1-5(2)15-7-4-13-3-6(7)8(14-15)9(10,11)12/h5,13H,3-4H2,1-2H3. The van der Waals surface area contributed by atoms with E-state index < -0.39 is 11.9 Å². The molecule has 1 aliphatic rings. The zero-order valence-corrected chi connectivity index (χ0v) is 8.52. The van der Waals surface area contributed by atoms with E-state index in [1.807, 2.05) is 13.8 Å². The van der Waals surface area contributed by atoms with Crippen molar-refractivity contribution in [2.75, 3.05) is 0 Å². The Morgan fingerprint density at radius 3 is 2.53 bits per heavy atom. The van der Waals surface area contributed by atoms with Crippen LogP contribution in [0.3, 0.4) is 0 Å². The molecule has 6 heteroatoms. The monoisotopic (exact) mass is 219 g/mol. The van der Waals surface area contributed by atoms with Crippen LogP contribution in [-0.2, 0) is 19.3 Å². The van der Waals surface area contributed by atoms with E-state index in [1.165, 1.54) is 4.68 Å². The predicted octanol–water partition coefficient (Wildman–Crippen LogP) is 2.09. The van der Waals surface area contributed by atoms with Crippen molar-refractivity contribution in [3.05, 3.63) is 17.0 Å². The molecule has 0 radical (unpaired) electrons. The van der Waals surface area contributed by atoms with Crippen LogP contribution in [-0.4, -0.2) is 9.78 Å². The molecule has 2 rings (SSSR count). The highest BCUT2D eigenvalue weighted by Crippen LogP contribution is 2.35. The fourth-order valence-corrected chi connectivity index (χ4v) is 1.84. The summed E-state index contributed by atoms with van der Waals surface area (Å²) < 4.78 is 39.3. The van der Waals surface area contributed by atoms with Crippen molar-refractivity contribution in [1.82, 2.24) is 15.1 Å². The van der Waals surface area contributed by atoms with E-state index in [0.29, 0.717) is 17.8 Å².